The predicted octanol–water partition coefficient (Wildman–Crippen LogP) is 1.11. The lowest BCUT2D eigenvalue weighted by atomic mass is 10.7. The molecule has 0 aromatic rings. The second kappa shape index (κ2) is 22.4. The van der Waals surface area contributed by atoms with Gasteiger partial charge in [0.15, 0.2) is 0 Å². The Bertz CT molecular complexity index is 295. The van der Waals surface area contributed by atoms with Gasteiger partial charge >= 0.3 is 6.16 Å². The largest absolute Gasteiger partial charge is 0.508 e. The predicted molar refractivity (Wildman–Crippen MR) is 94.0 cm³/mol. The molecule has 0 atom stereocenters. The summed E-state index contributed by atoms with van der Waals surface area (Å²) in [5.41, 5.74) is 0. The first-order valence-electron chi connectivity index (χ1n) is 8.54. The smallest absolute Gasteiger partial charge is 0.433 e. The van der Waals surface area contributed by atoms with Crippen LogP contribution in [0.5, 0.6) is 0 Å². The Kier molecular flexibility index (Phi) is 21.8. The van der Waals surface area contributed by atoms with Crippen molar-refractivity contribution in [2.24, 2.45) is 0 Å². The molecule has 0 aromatic carbocycles. The van der Waals surface area contributed by atoms with E-state index in [0.717, 1.165) is 0 Å². The molecule has 9 nitrogen and oxygen atoms in total. The molecule has 0 aliphatic heterocycles. The van der Waals surface area contributed by atoms with E-state index in [1.54, 1.807) is 7.11 Å². The third-order valence-corrected chi connectivity index (χ3v) is 2.82. The second-order valence-electron chi connectivity index (χ2n) is 4.69. The standard InChI is InChI=1S/C16H31ClO9/c1-19-4-5-20-6-7-21-8-9-22-10-11-23-12-13-24-14-15-26-16(18)25-3-2-17/h2-15H2,1H3. The average molecular weight is 403 g/mol. The highest BCUT2D eigenvalue weighted by Crippen LogP contribution is 1.88. The molecule has 156 valence electrons. The Morgan fingerprint density at radius 2 is 0.923 bits per heavy atom. The van der Waals surface area contributed by atoms with Crippen molar-refractivity contribution in [2.75, 3.05) is 98.9 Å². The maximum atomic E-state index is 11.0. The van der Waals surface area contributed by atoms with Gasteiger partial charge in [0.1, 0.15) is 13.2 Å². The summed E-state index contributed by atoms with van der Waals surface area (Å²) in [6.45, 7) is 5.63. The molecule has 10 heteroatoms. The van der Waals surface area contributed by atoms with Crippen molar-refractivity contribution in [3.05, 3.63) is 0 Å². The molecule has 26 heavy (non-hydrogen) atoms. The van der Waals surface area contributed by atoms with E-state index in [0.29, 0.717) is 66.1 Å². The van der Waals surface area contributed by atoms with Crippen LogP contribution in [0, 0.1) is 0 Å². The van der Waals surface area contributed by atoms with Crippen LogP contribution in [0.1, 0.15) is 0 Å². The van der Waals surface area contributed by atoms with E-state index in [1.165, 1.54) is 0 Å². The molecular formula is C16H31ClO9. The van der Waals surface area contributed by atoms with Crippen LogP contribution in [-0.2, 0) is 37.9 Å². The van der Waals surface area contributed by atoms with Crippen molar-refractivity contribution >= 4 is 17.8 Å². The fourth-order valence-corrected chi connectivity index (χ4v) is 1.55. The van der Waals surface area contributed by atoms with Gasteiger partial charge in [-0.05, 0) is 0 Å². The first-order valence-corrected chi connectivity index (χ1v) is 9.08. The lowest BCUT2D eigenvalue weighted by Crippen LogP contribution is -2.15. The fourth-order valence-electron chi connectivity index (χ4n) is 1.47. The quantitative estimate of drug-likeness (QED) is 0.169. The molecule has 0 unspecified atom stereocenters. The third-order valence-electron chi connectivity index (χ3n) is 2.66. The number of hydrogen-bond acceptors (Lipinski definition) is 9. The van der Waals surface area contributed by atoms with Crippen LogP contribution in [-0.4, -0.2) is 105 Å². The second-order valence-corrected chi connectivity index (χ2v) is 5.07. The van der Waals surface area contributed by atoms with Gasteiger partial charge in [0.05, 0.1) is 78.6 Å². The number of ether oxygens (including phenoxy) is 8. The van der Waals surface area contributed by atoms with Crippen molar-refractivity contribution in [1.29, 1.82) is 0 Å². The Labute approximate surface area is 160 Å². The first-order chi connectivity index (χ1) is 12.8. The molecule has 0 amide bonds. The van der Waals surface area contributed by atoms with Gasteiger partial charge < -0.3 is 37.9 Å². The van der Waals surface area contributed by atoms with Crippen molar-refractivity contribution < 1.29 is 42.7 Å². The number of hydrogen-bond donors (Lipinski definition) is 0. The summed E-state index contributed by atoms with van der Waals surface area (Å²) in [6, 6.07) is 0. The van der Waals surface area contributed by atoms with Crippen LogP contribution in [0.2, 0.25) is 0 Å². The van der Waals surface area contributed by atoms with Crippen LogP contribution >= 0.6 is 11.6 Å². The zero-order valence-electron chi connectivity index (χ0n) is 15.5. The highest BCUT2D eigenvalue weighted by Gasteiger charge is 2.02. The van der Waals surface area contributed by atoms with E-state index < -0.39 is 6.16 Å². The Balaban J connectivity index is 3.04. The number of carbonyl (C=O) groups excluding carboxylic acids is 1. The fraction of sp³-hybridized carbons (Fsp3) is 0.938. The zero-order chi connectivity index (χ0) is 19.1. The van der Waals surface area contributed by atoms with E-state index in [2.05, 4.69) is 4.74 Å². The van der Waals surface area contributed by atoms with Gasteiger partial charge in [-0.2, -0.15) is 0 Å². The van der Waals surface area contributed by atoms with Crippen molar-refractivity contribution in [1.82, 2.24) is 0 Å². The normalized spacial score (nSPS) is 10.8. The first kappa shape index (κ1) is 25.3. The summed E-state index contributed by atoms with van der Waals surface area (Å²) in [5, 5.41) is 0. The third kappa shape index (κ3) is 21.4. The monoisotopic (exact) mass is 402 g/mol. The average Bonchev–Trinajstić information content (AvgIpc) is 2.65. The molecule has 0 heterocycles. The number of alkyl halides is 1. The molecule has 0 rings (SSSR count). The Morgan fingerprint density at radius 1 is 0.577 bits per heavy atom. The number of halogens is 1. The minimum Gasteiger partial charge on any atom is -0.433 e. The van der Waals surface area contributed by atoms with Gasteiger partial charge in [0.25, 0.3) is 0 Å². The van der Waals surface area contributed by atoms with Gasteiger partial charge in [-0.15, -0.1) is 11.6 Å². The topological polar surface area (TPSA) is 90.9 Å². The molecule has 0 aliphatic rings. The molecule has 0 radical (unpaired) electrons. The maximum absolute atomic E-state index is 11.0. The molecule has 0 N–H and O–H groups in total. The number of methoxy groups -OCH3 is 1. The molecule has 0 fully saturated rings. The molecule has 0 saturated carbocycles. The molecule has 0 bridgehead atoms. The molecule has 0 spiro atoms. The molecule has 0 aliphatic carbocycles. The van der Waals surface area contributed by atoms with E-state index in [9.17, 15) is 4.79 Å². The molecular weight excluding hydrogens is 372 g/mol. The molecule has 0 aromatic heterocycles. The van der Waals surface area contributed by atoms with Gasteiger partial charge in [-0.25, -0.2) is 4.79 Å². The zero-order valence-corrected chi connectivity index (χ0v) is 16.2. The van der Waals surface area contributed by atoms with E-state index in [1.807, 2.05) is 0 Å². The summed E-state index contributed by atoms with van der Waals surface area (Å²) in [4.78, 5) is 11.0. The van der Waals surface area contributed by atoms with Crippen LogP contribution in [0.15, 0.2) is 0 Å². The lowest BCUT2D eigenvalue weighted by molar-refractivity contribution is -0.0188. The number of carbonyl (C=O) groups is 1. The van der Waals surface area contributed by atoms with E-state index in [4.69, 9.17) is 44.8 Å². The maximum Gasteiger partial charge on any atom is 0.508 e. The highest BCUT2D eigenvalue weighted by atomic mass is 35.5. The van der Waals surface area contributed by atoms with Crippen molar-refractivity contribution in [2.45, 2.75) is 0 Å². The highest BCUT2D eigenvalue weighted by molar-refractivity contribution is 6.18. The summed E-state index contributed by atoms with van der Waals surface area (Å²) in [6.07, 6.45) is -0.745. The molecule has 0 saturated heterocycles. The minimum atomic E-state index is -0.745. The van der Waals surface area contributed by atoms with Gasteiger partial charge in [0.2, 0.25) is 0 Å². The van der Waals surface area contributed by atoms with E-state index >= 15 is 0 Å². The summed E-state index contributed by atoms with van der Waals surface area (Å²) in [7, 11) is 1.63. The number of rotatable bonds is 20. The SMILES string of the molecule is COCCOCCOCCOCCOCCOCCOC(=O)OCCCl. The van der Waals surface area contributed by atoms with Crippen LogP contribution in [0.25, 0.3) is 0 Å². The van der Waals surface area contributed by atoms with Gasteiger partial charge in [-0.3, -0.25) is 0 Å². The Hall–Kier alpha value is -0.680. The van der Waals surface area contributed by atoms with Crippen LogP contribution in [0.3, 0.4) is 0 Å². The van der Waals surface area contributed by atoms with Crippen molar-refractivity contribution in [3.8, 4) is 0 Å². The van der Waals surface area contributed by atoms with E-state index in [-0.39, 0.29) is 25.7 Å². The van der Waals surface area contributed by atoms with Crippen LogP contribution in [0.4, 0.5) is 4.79 Å². The summed E-state index contributed by atoms with van der Waals surface area (Å²) < 4.78 is 40.7. The minimum absolute atomic E-state index is 0.127. The summed E-state index contributed by atoms with van der Waals surface area (Å²) in [5.74, 6) is 0.240. The summed E-state index contributed by atoms with van der Waals surface area (Å²) >= 11 is 5.36. The Morgan fingerprint density at radius 3 is 1.31 bits per heavy atom. The van der Waals surface area contributed by atoms with Gasteiger partial charge in [-0.1, -0.05) is 0 Å². The lowest BCUT2D eigenvalue weighted by Gasteiger charge is -2.08. The van der Waals surface area contributed by atoms with Crippen molar-refractivity contribution in [3.63, 3.8) is 0 Å². The van der Waals surface area contributed by atoms with Crippen LogP contribution < -0.4 is 0 Å². The van der Waals surface area contributed by atoms with Gasteiger partial charge in [0, 0.05) is 7.11 Å².